The summed E-state index contributed by atoms with van der Waals surface area (Å²) >= 11 is 0. The number of benzene rings is 1. The van der Waals surface area contributed by atoms with E-state index in [2.05, 4.69) is 40.5 Å². The van der Waals surface area contributed by atoms with Gasteiger partial charge in [-0.15, -0.1) is 0 Å². The Morgan fingerprint density at radius 1 is 1.11 bits per heavy atom. The second kappa shape index (κ2) is 4.39. The second-order valence-electron chi connectivity index (χ2n) is 4.89. The van der Waals surface area contributed by atoms with E-state index >= 15 is 0 Å². The maximum Gasteiger partial charge on any atom is 0.123 e. The molecule has 2 aromatic heterocycles. The summed E-state index contributed by atoms with van der Waals surface area (Å²) in [5, 5.41) is 0. The Kier molecular flexibility index (Phi) is 2.71. The summed E-state index contributed by atoms with van der Waals surface area (Å²) in [4.78, 5) is 8.57. The van der Waals surface area contributed by atoms with Crippen LogP contribution >= 0.6 is 0 Å². The molecule has 0 atom stereocenters. The fraction of sp³-hybridized carbons (Fsp3) is 0.200. The second-order valence-corrected chi connectivity index (χ2v) is 4.89. The van der Waals surface area contributed by atoms with E-state index in [-0.39, 0.29) is 0 Å². The molecule has 19 heavy (non-hydrogen) atoms. The lowest BCUT2D eigenvalue weighted by Gasteiger charge is -2.06. The molecular weight excluding hydrogens is 236 g/mol. The molecule has 0 aliphatic rings. The molecule has 3 rings (SSSR count). The van der Waals surface area contributed by atoms with Crippen molar-refractivity contribution in [3.8, 4) is 0 Å². The topological polar surface area (TPSA) is 56.7 Å². The summed E-state index contributed by atoms with van der Waals surface area (Å²) in [6.07, 6.45) is 3.68. The molecule has 0 spiro atoms. The first-order valence-electron chi connectivity index (χ1n) is 6.26. The van der Waals surface area contributed by atoms with Crippen LogP contribution in [0.15, 0.2) is 36.8 Å². The van der Waals surface area contributed by atoms with Gasteiger partial charge in [0.05, 0.1) is 23.9 Å². The molecule has 0 unspecified atom stereocenters. The predicted molar refractivity (Wildman–Crippen MR) is 77.0 cm³/mol. The zero-order valence-corrected chi connectivity index (χ0v) is 11.1. The van der Waals surface area contributed by atoms with Gasteiger partial charge in [0, 0.05) is 6.20 Å². The number of fused-ring (bicyclic) bond motifs is 1. The van der Waals surface area contributed by atoms with Crippen LogP contribution in [-0.2, 0) is 6.54 Å². The zero-order valence-electron chi connectivity index (χ0n) is 11.1. The fourth-order valence-electron chi connectivity index (χ4n) is 2.17. The summed E-state index contributed by atoms with van der Waals surface area (Å²) in [6, 6.07) is 8.13. The number of pyridine rings is 1. The number of hydrogen-bond acceptors (Lipinski definition) is 3. The molecule has 1 aromatic carbocycles. The Labute approximate surface area is 111 Å². The van der Waals surface area contributed by atoms with E-state index in [9.17, 15) is 0 Å². The van der Waals surface area contributed by atoms with Crippen LogP contribution in [-0.4, -0.2) is 14.5 Å². The Morgan fingerprint density at radius 3 is 2.63 bits per heavy atom. The molecule has 0 radical (unpaired) electrons. The highest BCUT2D eigenvalue weighted by Crippen LogP contribution is 2.19. The molecule has 4 nitrogen and oxygen atoms in total. The van der Waals surface area contributed by atoms with Crippen LogP contribution in [0.25, 0.3) is 11.0 Å². The van der Waals surface area contributed by atoms with Gasteiger partial charge in [-0.3, -0.25) is 0 Å². The predicted octanol–water partition coefficient (Wildman–Crippen LogP) is 2.68. The smallest absolute Gasteiger partial charge is 0.123 e. The lowest BCUT2D eigenvalue weighted by molar-refractivity contribution is 0.820. The Hall–Kier alpha value is -2.36. The minimum absolute atomic E-state index is 0.547. The molecule has 0 saturated heterocycles. The van der Waals surface area contributed by atoms with Crippen molar-refractivity contribution in [3.05, 3.63) is 53.5 Å². The van der Waals surface area contributed by atoms with Crippen LogP contribution in [0.1, 0.15) is 16.7 Å². The normalized spacial score (nSPS) is 11.1. The molecule has 2 heterocycles. The van der Waals surface area contributed by atoms with Gasteiger partial charge in [-0.2, -0.15) is 0 Å². The molecular formula is C15H16N4. The van der Waals surface area contributed by atoms with E-state index in [1.165, 1.54) is 11.1 Å². The summed E-state index contributed by atoms with van der Waals surface area (Å²) in [6.45, 7) is 4.99. The van der Waals surface area contributed by atoms with Gasteiger partial charge in [0.15, 0.2) is 0 Å². The van der Waals surface area contributed by atoms with Crippen molar-refractivity contribution in [2.45, 2.75) is 20.4 Å². The lowest BCUT2D eigenvalue weighted by atomic mass is 10.1. The van der Waals surface area contributed by atoms with Crippen LogP contribution in [0.5, 0.6) is 0 Å². The van der Waals surface area contributed by atoms with Gasteiger partial charge in [0.25, 0.3) is 0 Å². The van der Waals surface area contributed by atoms with Crippen LogP contribution in [0.2, 0.25) is 0 Å². The van der Waals surface area contributed by atoms with Gasteiger partial charge in [-0.1, -0.05) is 6.07 Å². The van der Waals surface area contributed by atoms with E-state index in [1.54, 1.807) is 0 Å². The third kappa shape index (κ3) is 2.17. The molecule has 4 heteroatoms. The molecule has 0 amide bonds. The van der Waals surface area contributed by atoms with Crippen molar-refractivity contribution in [2.75, 3.05) is 5.73 Å². The summed E-state index contributed by atoms with van der Waals surface area (Å²) in [7, 11) is 0. The van der Waals surface area contributed by atoms with Crippen LogP contribution in [0, 0.1) is 13.8 Å². The highest BCUT2D eigenvalue weighted by atomic mass is 15.0. The minimum Gasteiger partial charge on any atom is -0.384 e. The van der Waals surface area contributed by atoms with Gasteiger partial charge in [0.2, 0.25) is 0 Å². The molecule has 0 fully saturated rings. The molecule has 3 aromatic rings. The highest BCUT2D eigenvalue weighted by Gasteiger charge is 2.05. The van der Waals surface area contributed by atoms with E-state index in [4.69, 9.17) is 5.73 Å². The SMILES string of the molecule is Cc1cc2ncn(Cc3ccc(N)nc3)c2cc1C. The molecule has 0 bridgehead atoms. The minimum atomic E-state index is 0.547. The van der Waals surface area contributed by atoms with Crippen LogP contribution in [0.4, 0.5) is 5.82 Å². The first-order chi connectivity index (χ1) is 9.13. The maximum atomic E-state index is 5.60. The number of nitrogens with zero attached hydrogens (tertiary/aromatic N) is 3. The van der Waals surface area contributed by atoms with Crippen molar-refractivity contribution in [1.29, 1.82) is 0 Å². The van der Waals surface area contributed by atoms with E-state index in [1.807, 2.05) is 24.7 Å². The molecule has 2 N–H and O–H groups in total. The highest BCUT2D eigenvalue weighted by molar-refractivity contribution is 5.77. The number of rotatable bonds is 2. The number of nitrogens with two attached hydrogens (primary N) is 1. The third-order valence-corrected chi connectivity index (χ3v) is 3.44. The van der Waals surface area contributed by atoms with Gasteiger partial charge in [0.1, 0.15) is 5.82 Å². The van der Waals surface area contributed by atoms with E-state index < -0.39 is 0 Å². The maximum absolute atomic E-state index is 5.60. The summed E-state index contributed by atoms with van der Waals surface area (Å²) in [5.74, 6) is 0.547. The van der Waals surface area contributed by atoms with Crippen molar-refractivity contribution in [2.24, 2.45) is 0 Å². The Morgan fingerprint density at radius 2 is 1.89 bits per heavy atom. The fourth-order valence-corrected chi connectivity index (χ4v) is 2.17. The summed E-state index contributed by atoms with van der Waals surface area (Å²) in [5.41, 5.74) is 11.5. The van der Waals surface area contributed by atoms with Gasteiger partial charge >= 0.3 is 0 Å². The average molecular weight is 252 g/mol. The Bertz CT molecular complexity index is 726. The Balaban J connectivity index is 2.01. The number of aromatic nitrogens is 3. The number of imidazole rings is 1. The van der Waals surface area contributed by atoms with E-state index in [0.717, 1.165) is 23.1 Å². The monoisotopic (exact) mass is 252 g/mol. The number of anilines is 1. The van der Waals surface area contributed by atoms with Crippen molar-refractivity contribution in [1.82, 2.24) is 14.5 Å². The van der Waals surface area contributed by atoms with Crippen molar-refractivity contribution < 1.29 is 0 Å². The first kappa shape index (κ1) is 11.7. The van der Waals surface area contributed by atoms with Gasteiger partial charge < -0.3 is 10.3 Å². The first-order valence-corrected chi connectivity index (χ1v) is 6.26. The summed E-state index contributed by atoms with van der Waals surface area (Å²) < 4.78 is 2.13. The van der Waals surface area contributed by atoms with Gasteiger partial charge in [-0.05, 0) is 48.7 Å². The van der Waals surface area contributed by atoms with E-state index in [0.29, 0.717) is 5.82 Å². The number of nitrogen functional groups attached to an aromatic ring is 1. The molecule has 0 aliphatic heterocycles. The average Bonchev–Trinajstić information content (AvgIpc) is 2.76. The third-order valence-electron chi connectivity index (χ3n) is 3.44. The number of hydrogen-bond donors (Lipinski definition) is 1. The zero-order chi connectivity index (χ0) is 13.4. The van der Waals surface area contributed by atoms with Crippen molar-refractivity contribution in [3.63, 3.8) is 0 Å². The van der Waals surface area contributed by atoms with Gasteiger partial charge in [-0.25, -0.2) is 9.97 Å². The molecule has 0 aliphatic carbocycles. The van der Waals surface area contributed by atoms with Crippen molar-refractivity contribution >= 4 is 16.9 Å². The lowest BCUT2D eigenvalue weighted by Crippen LogP contribution is -2.00. The standard InChI is InChI=1S/C15H16N4/c1-10-5-13-14(6-11(10)2)19(9-18-13)8-12-3-4-15(16)17-7-12/h3-7,9H,8H2,1-2H3,(H2,16,17). The quantitative estimate of drug-likeness (QED) is 0.763. The largest absolute Gasteiger partial charge is 0.384 e. The number of aryl methyl sites for hydroxylation is 2. The van der Waals surface area contributed by atoms with Crippen LogP contribution in [0.3, 0.4) is 0 Å². The van der Waals surface area contributed by atoms with Crippen LogP contribution < -0.4 is 5.73 Å². The molecule has 0 saturated carbocycles. The molecule has 96 valence electrons.